The Labute approximate surface area is 120 Å². The van der Waals surface area contributed by atoms with Crippen molar-refractivity contribution in [3.8, 4) is 11.5 Å². The highest BCUT2D eigenvalue weighted by molar-refractivity contribution is 9.10. The molecule has 0 saturated heterocycles. The Bertz CT molecular complexity index is 389. The second kappa shape index (κ2) is 6.10. The molecular formula is C13H18Br2O2. The fraction of sp³-hybridized carbons (Fsp3) is 0.538. The van der Waals surface area contributed by atoms with Gasteiger partial charge in [-0.25, -0.2) is 0 Å². The zero-order chi connectivity index (χ0) is 13.1. The summed E-state index contributed by atoms with van der Waals surface area (Å²) in [6.07, 6.45) is 1.04. The lowest BCUT2D eigenvalue weighted by atomic mass is 9.81. The first-order valence-electron chi connectivity index (χ1n) is 5.44. The monoisotopic (exact) mass is 364 g/mol. The molecule has 96 valence electrons. The van der Waals surface area contributed by atoms with Crippen molar-refractivity contribution in [1.29, 1.82) is 0 Å². The number of ether oxygens (including phenoxy) is 2. The van der Waals surface area contributed by atoms with Crippen LogP contribution in [0.15, 0.2) is 16.6 Å². The van der Waals surface area contributed by atoms with Crippen LogP contribution in [-0.2, 0) is 5.41 Å². The van der Waals surface area contributed by atoms with Crippen LogP contribution in [-0.4, -0.2) is 19.5 Å². The van der Waals surface area contributed by atoms with E-state index >= 15 is 0 Å². The minimum absolute atomic E-state index is 0.0416. The third kappa shape index (κ3) is 3.38. The van der Waals surface area contributed by atoms with Gasteiger partial charge in [-0.05, 0) is 17.9 Å². The standard InChI is InChI=1S/C13H18Br2O2/c1-13(2,5-6-14)12-10(15)7-9(16-3)8-11(12)17-4/h7-8H,5-6H2,1-4H3. The Morgan fingerprint density at radius 2 is 1.82 bits per heavy atom. The fourth-order valence-corrected chi connectivity index (χ4v) is 3.80. The van der Waals surface area contributed by atoms with Gasteiger partial charge in [0.1, 0.15) is 11.5 Å². The summed E-state index contributed by atoms with van der Waals surface area (Å²) in [5.41, 5.74) is 1.22. The smallest absolute Gasteiger partial charge is 0.127 e. The van der Waals surface area contributed by atoms with Gasteiger partial charge in [-0.3, -0.25) is 0 Å². The summed E-state index contributed by atoms with van der Waals surface area (Å²) < 4.78 is 11.7. The number of hydrogen-bond donors (Lipinski definition) is 0. The highest BCUT2D eigenvalue weighted by Crippen LogP contribution is 2.42. The molecule has 4 heteroatoms. The van der Waals surface area contributed by atoms with Crippen LogP contribution in [0, 0.1) is 0 Å². The molecule has 1 rings (SSSR count). The highest BCUT2D eigenvalue weighted by atomic mass is 79.9. The number of benzene rings is 1. The van der Waals surface area contributed by atoms with Crippen LogP contribution >= 0.6 is 31.9 Å². The summed E-state index contributed by atoms with van der Waals surface area (Å²) in [5.74, 6) is 1.66. The molecule has 0 aliphatic heterocycles. The Kier molecular flexibility index (Phi) is 5.32. The van der Waals surface area contributed by atoms with Gasteiger partial charge >= 0.3 is 0 Å². The van der Waals surface area contributed by atoms with Crippen molar-refractivity contribution in [3.63, 3.8) is 0 Å². The van der Waals surface area contributed by atoms with E-state index in [4.69, 9.17) is 9.47 Å². The normalized spacial score (nSPS) is 11.4. The van der Waals surface area contributed by atoms with Gasteiger partial charge in [-0.15, -0.1) is 0 Å². The van der Waals surface area contributed by atoms with Gasteiger partial charge in [0.05, 0.1) is 14.2 Å². The van der Waals surface area contributed by atoms with E-state index in [-0.39, 0.29) is 5.41 Å². The molecule has 0 aromatic heterocycles. The Hall–Kier alpha value is -0.220. The van der Waals surface area contributed by atoms with Crippen LogP contribution in [0.3, 0.4) is 0 Å². The van der Waals surface area contributed by atoms with E-state index in [0.29, 0.717) is 0 Å². The van der Waals surface area contributed by atoms with Gasteiger partial charge in [0.2, 0.25) is 0 Å². The molecule has 0 atom stereocenters. The summed E-state index contributed by atoms with van der Waals surface area (Å²) in [6, 6.07) is 3.91. The molecule has 0 aliphatic rings. The van der Waals surface area contributed by atoms with E-state index in [1.54, 1.807) is 14.2 Å². The average molecular weight is 366 g/mol. The molecule has 1 aromatic rings. The molecule has 0 N–H and O–H groups in total. The van der Waals surface area contributed by atoms with Crippen LogP contribution in [0.5, 0.6) is 11.5 Å². The number of halogens is 2. The minimum Gasteiger partial charge on any atom is -0.497 e. The van der Waals surface area contributed by atoms with Crippen LogP contribution in [0.1, 0.15) is 25.8 Å². The second-order valence-electron chi connectivity index (χ2n) is 4.51. The lowest BCUT2D eigenvalue weighted by Gasteiger charge is -2.28. The van der Waals surface area contributed by atoms with E-state index in [9.17, 15) is 0 Å². The van der Waals surface area contributed by atoms with Crippen LogP contribution in [0.2, 0.25) is 0 Å². The molecule has 0 amide bonds. The number of alkyl halides is 1. The van der Waals surface area contributed by atoms with Gasteiger partial charge in [0.25, 0.3) is 0 Å². The molecular weight excluding hydrogens is 348 g/mol. The second-order valence-corrected chi connectivity index (χ2v) is 6.16. The maximum atomic E-state index is 5.48. The molecule has 0 saturated carbocycles. The first-order valence-corrected chi connectivity index (χ1v) is 7.35. The minimum atomic E-state index is 0.0416. The molecule has 0 radical (unpaired) electrons. The maximum Gasteiger partial charge on any atom is 0.127 e. The predicted octanol–water partition coefficient (Wildman–Crippen LogP) is 4.53. The zero-order valence-electron chi connectivity index (χ0n) is 10.6. The average Bonchev–Trinajstić information content (AvgIpc) is 2.27. The van der Waals surface area contributed by atoms with Crippen LogP contribution < -0.4 is 9.47 Å². The van der Waals surface area contributed by atoms with Gasteiger partial charge in [-0.2, -0.15) is 0 Å². The van der Waals surface area contributed by atoms with Crippen molar-refractivity contribution in [2.24, 2.45) is 0 Å². The van der Waals surface area contributed by atoms with E-state index in [2.05, 4.69) is 45.7 Å². The Balaban J connectivity index is 3.31. The van der Waals surface area contributed by atoms with Crippen molar-refractivity contribution in [2.45, 2.75) is 25.7 Å². The van der Waals surface area contributed by atoms with Crippen molar-refractivity contribution >= 4 is 31.9 Å². The maximum absolute atomic E-state index is 5.48. The lowest BCUT2D eigenvalue weighted by molar-refractivity contribution is 0.376. The van der Waals surface area contributed by atoms with Crippen molar-refractivity contribution in [2.75, 3.05) is 19.5 Å². The highest BCUT2D eigenvalue weighted by Gasteiger charge is 2.27. The Morgan fingerprint density at radius 1 is 1.18 bits per heavy atom. The first-order chi connectivity index (χ1) is 7.96. The first kappa shape index (κ1) is 14.8. The summed E-state index contributed by atoms with van der Waals surface area (Å²) in [7, 11) is 3.35. The summed E-state index contributed by atoms with van der Waals surface area (Å²) in [5, 5.41) is 0.960. The number of methoxy groups -OCH3 is 2. The number of rotatable bonds is 5. The molecule has 0 aliphatic carbocycles. The number of hydrogen-bond acceptors (Lipinski definition) is 2. The lowest BCUT2D eigenvalue weighted by Crippen LogP contribution is -2.19. The van der Waals surface area contributed by atoms with Crippen molar-refractivity contribution < 1.29 is 9.47 Å². The third-order valence-corrected chi connectivity index (χ3v) is 3.90. The zero-order valence-corrected chi connectivity index (χ0v) is 13.8. The van der Waals surface area contributed by atoms with Crippen LogP contribution in [0.25, 0.3) is 0 Å². The van der Waals surface area contributed by atoms with Crippen LogP contribution in [0.4, 0.5) is 0 Å². The van der Waals surface area contributed by atoms with Crippen molar-refractivity contribution in [3.05, 3.63) is 22.2 Å². The molecule has 0 unspecified atom stereocenters. The third-order valence-electron chi connectivity index (χ3n) is 2.88. The van der Waals surface area contributed by atoms with Gasteiger partial charge < -0.3 is 9.47 Å². The predicted molar refractivity (Wildman–Crippen MR) is 78.7 cm³/mol. The van der Waals surface area contributed by atoms with E-state index in [1.165, 1.54) is 5.56 Å². The topological polar surface area (TPSA) is 18.5 Å². The fourth-order valence-electron chi connectivity index (χ4n) is 1.85. The van der Waals surface area contributed by atoms with E-state index in [0.717, 1.165) is 27.7 Å². The molecule has 0 bridgehead atoms. The molecule has 0 spiro atoms. The largest absolute Gasteiger partial charge is 0.497 e. The van der Waals surface area contributed by atoms with Gasteiger partial charge in [-0.1, -0.05) is 45.7 Å². The van der Waals surface area contributed by atoms with Gasteiger partial charge in [0, 0.05) is 21.4 Å². The summed E-state index contributed by atoms with van der Waals surface area (Å²) >= 11 is 7.11. The quantitative estimate of drug-likeness (QED) is 0.713. The van der Waals surface area contributed by atoms with Gasteiger partial charge in [0.15, 0.2) is 0 Å². The molecule has 0 heterocycles. The molecule has 1 aromatic carbocycles. The summed E-state index contributed by atoms with van der Waals surface area (Å²) in [6.45, 7) is 4.42. The molecule has 17 heavy (non-hydrogen) atoms. The Morgan fingerprint density at radius 3 is 2.29 bits per heavy atom. The molecule has 2 nitrogen and oxygen atoms in total. The SMILES string of the molecule is COc1cc(Br)c(C(C)(C)CCBr)c(OC)c1. The summed E-state index contributed by atoms with van der Waals surface area (Å²) in [4.78, 5) is 0. The molecule has 0 fully saturated rings. The van der Waals surface area contributed by atoms with E-state index < -0.39 is 0 Å². The van der Waals surface area contributed by atoms with E-state index in [1.807, 2.05) is 12.1 Å². The van der Waals surface area contributed by atoms with Crippen molar-refractivity contribution in [1.82, 2.24) is 0 Å².